The lowest BCUT2D eigenvalue weighted by Gasteiger charge is -2.07. The van der Waals surface area contributed by atoms with Gasteiger partial charge in [-0.15, -0.1) is 0 Å². The Labute approximate surface area is 235 Å². The van der Waals surface area contributed by atoms with E-state index >= 15 is 0 Å². The molecule has 0 atom stereocenters. The van der Waals surface area contributed by atoms with Gasteiger partial charge in [-0.25, -0.2) is 0 Å². The van der Waals surface area contributed by atoms with Crippen LogP contribution in [0.4, 0.5) is 0 Å². The van der Waals surface area contributed by atoms with Crippen LogP contribution in [0.1, 0.15) is 33.9 Å². The Hall–Kier alpha value is -5.68. The number of aromatic amines is 5. The van der Waals surface area contributed by atoms with Crippen molar-refractivity contribution in [2.75, 3.05) is 0 Å². The minimum absolute atomic E-state index is 1.03. The number of H-pyrrole nitrogens is 5. The predicted octanol–water partition coefficient (Wildman–Crippen LogP) is 4.08. The summed E-state index contributed by atoms with van der Waals surface area (Å²) in [5.74, 6) is 0. The number of hydrogen-bond acceptors (Lipinski definition) is 0. The van der Waals surface area contributed by atoms with E-state index in [0.29, 0.717) is 0 Å². The molecule has 10 bridgehead atoms. The molecule has 2 aromatic carbocycles. The van der Waals surface area contributed by atoms with E-state index in [1.54, 1.807) is 0 Å². The highest BCUT2D eigenvalue weighted by Crippen LogP contribution is 2.22. The van der Waals surface area contributed by atoms with Crippen molar-refractivity contribution < 1.29 is 0 Å². The van der Waals surface area contributed by atoms with Gasteiger partial charge < -0.3 is 24.9 Å². The fourth-order valence-electron chi connectivity index (χ4n) is 5.73. The van der Waals surface area contributed by atoms with E-state index in [-0.39, 0.29) is 0 Å². The van der Waals surface area contributed by atoms with E-state index in [2.05, 4.69) is 158 Å². The molecule has 0 fully saturated rings. The van der Waals surface area contributed by atoms with Crippen LogP contribution in [0.5, 0.6) is 0 Å². The molecule has 0 radical (unpaired) electrons. The number of hydrogen-bond donors (Lipinski definition) is 5. The van der Waals surface area contributed by atoms with Crippen LogP contribution < -0.4 is 21.4 Å². The van der Waals surface area contributed by atoms with E-state index in [1.165, 1.54) is 0 Å². The first kappa shape index (κ1) is 23.2. The van der Waals surface area contributed by atoms with E-state index in [4.69, 9.17) is 0 Å². The van der Waals surface area contributed by atoms with Crippen LogP contribution in [-0.4, -0.2) is 24.9 Å². The third kappa shape index (κ3) is 4.30. The molecule has 0 spiro atoms. The lowest BCUT2D eigenvalue weighted by Crippen LogP contribution is -2.17. The second-order valence-corrected chi connectivity index (χ2v) is 10.4. The molecule has 5 N–H and O–H groups in total. The zero-order chi connectivity index (χ0) is 27.2. The van der Waals surface area contributed by atoms with E-state index < -0.39 is 0 Å². The second kappa shape index (κ2) is 9.50. The van der Waals surface area contributed by atoms with Crippen LogP contribution in [0.25, 0.3) is 23.3 Å². The van der Waals surface area contributed by atoms with Gasteiger partial charge in [-0.05, 0) is 83.9 Å². The van der Waals surface area contributed by atoms with Crippen molar-refractivity contribution in [2.24, 2.45) is 0 Å². The maximum absolute atomic E-state index is 3.78. The molecule has 0 saturated heterocycles. The minimum atomic E-state index is 1.03. The molecular weight excluding hydrogens is 502 g/mol. The van der Waals surface area contributed by atoms with Gasteiger partial charge in [-0.1, -0.05) is 60.7 Å². The number of nitrogens with one attached hydrogen (secondary N) is 5. The third-order valence-corrected chi connectivity index (χ3v) is 7.63. The molecule has 5 aromatic heterocycles. The van der Waals surface area contributed by atoms with Crippen LogP contribution in [-0.2, 0) is 0 Å². The van der Waals surface area contributed by atoms with Crippen LogP contribution >= 0.6 is 0 Å². The molecule has 8 rings (SSSR count). The summed E-state index contributed by atoms with van der Waals surface area (Å²) in [5, 5.41) is 6.25. The molecule has 5 nitrogen and oxygen atoms in total. The Morgan fingerprint density at radius 1 is 0.317 bits per heavy atom. The van der Waals surface area contributed by atoms with Gasteiger partial charge in [0.05, 0.1) is 10.7 Å². The molecule has 0 amide bonds. The summed E-state index contributed by atoms with van der Waals surface area (Å²) in [7, 11) is 0. The largest absolute Gasteiger partial charge is 0.355 e. The average molecular weight is 530 g/mol. The minimum Gasteiger partial charge on any atom is -0.355 e. The number of aromatic nitrogens is 5. The standard InChI is InChI=1S/C36H27N5/c1-3-7-23(8-4-1)35-31-17-13-27(39-31)21-25-11-15-29(37-25)30-16-12-26(38-30)22-28-14-18-32(40-28)36(24-9-5-2-6-10-24)34-20-19-33(35)41-34/h1-22,37-41H. The predicted molar refractivity (Wildman–Crippen MR) is 163 cm³/mol. The van der Waals surface area contributed by atoms with Crippen LogP contribution in [0.2, 0.25) is 0 Å². The highest BCUT2D eigenvalue weighted by molar-refractivity contribution is 5.80. The van der Waals surface area contributed by atoms with E-state index in [1.807, 2.05) is 0 Å². The first-order valence-corrected chi connectivity index (χ1v) is 13.8. The molecule has 41 heavy (non-hydrogen) atoms. The van der Waals surface area contributed by atoms with Crippen molar-refractivity contribution in [2.45, 2.75) is 0 Å². The zero-order valence-corrected chi connectivity index (χ0v) is 22.2. The van der Waals surface area contributed by atoms with Crippen molar-refractivity contribution in [3.05, 3.63) is 187 Å². The average Bonchev–Trinajstić information content (AvgIpc) is 3.84. The van der Waals surface area contributed by atoms with Crippen molar-refractivity contribution in [1.82, 2.24) is 24.9 Å². The zero-order valence-electron chi connectivity index (χ0n) is 22.2. The maximum Gasteiger partial charge on any atom is 0.0624 e. The van der Waals surface area contributed by atoms with Gasteiger partial charge in [0.15, 0.2) is 0 Å². The Kier molecular flexibility index (Phi) is 5.38. The Morgan fingerprint density at radius 2 is 0.756 bits per heavy atom. The molecule has 7 aromatic rings. The van der Waals surface area contributed by atoms with Gasteiger partial charge in [0, 0.05) is 55.3 Å². The highest BCUT2D eigenvalue weighted by Gasteiger charge is 2.12. The molecule has 1 aliphatic heterocycles. The molecule has 5 heteroatoms. The van der Waals surface area contributed by atoms with Gasteiger partial charge in [0.1, 0.15) is 0 Å². The van der Waals surface area contributed by atoms with E-state index in [9.17, 15) is 0 Å². The molecule has 0 unspecified atom stereocenters. The van der Waals surface area contributed by atoms with Crippen LogP contribution in [0.3, 0.4) is 0 Å². The summed E-state index contributed by atoms with van der Waals surface area (Å²) in [6.07, 6.45) is 4.28. The summed E-state index contributed by atoms with van der Waals surface area (Å²) < 4.78 is 0. The molecular formula is C36H27N5. The van der Waals surface area contributed by atoms with Gasteiger partial charge >= 0.3 is 0 Å². The summed E-state index contributed by atoms with van der Waals surface area (Å²) in [6.45, 7) is 0. The van der Waals surface area contributed by atoms with Gasteiger partial charge in [-0.2, -0.15) is 0 Å². The lowest BCUT2D eigenvalue weighted by atomic mass is 10.0. The summed E-state index contributed by atoms with van der Waals surface area (Å²) in [4.78, 5) is 18.2. The third-order valence-electron chi connectivity index (χ3n) is 7.63. The number of benzene rings is 2. The lowest BCUT2D eigenvalue weighted by molar-refractivity contribution is 1.17. The Morgan fingerprint density at radius 3 is 1.22 bits per heavy atom. The van der Waals surface area contributed by atoms with Crippen molar-refractivity contribution in [1.29, 1.82) is 0 Å². The van der Waals surface area contributed by atoms with Crippen molar-refractivity contribution in [3.63, 3.8) is 0 Å². The second-order valence-electron chi connectivity index (χ2n) is 10.4. The first-order valence-electron chi connectivity index (χ1n) is 13.8. The molecule has 0 aliphatic carbocycles. The first-order chi connectivity index (χ1) is 20.3. The Bertz CT molecular complexity index is 2190. The monoisotopic (exact) mass is 529 g/mol. The maximum atomic E-state index is 3.78. The number of rotatable bonds is 2. The molecule has 0 saturated carbocycles. The summed E-state index contributed by atoms with van der Waals surface area (Å²) >= 11 is 0. The normalized spacial score (nSPS) is 12.7. The SMILES string of the molecule is C1=c2ccc([nH]2)=c2ccc([nH]2)=Cc2ccc([nH]2)C(c2ccccc2)=c2ccc([nH]2)=C(c2ccccc2)c2ccc1[nH]2. The quantitative estimate of drug-likeness (QED) is 0.224. The van der Waals surface area contributed by atoms with Crippen molar-refractivity contribution in [3.8, 4) is 0 Å². The summed E-state index contributed by atoms with van der Waals surface area (Å²) in [6, 6.07) is 42.4. The molecule has 196 valence electrons. The fourth-order valence-corrected chi connectivity index (χ4v) is 5.73. The van der Waals surface area contributed by atoms with E-state index in [0.717, 1.165) is 77.1 Å². The smallest absolute Gasteiger partial charge is 0.0624 e. The van der Waals surface area contributed by atoms with Crippen LogP contribution in [0.15, 0.2) is 121 Å². The molecule has 6 heterocycles. The van der Waals surface area contributed by atoms with Crippen molar-refractivity contribution >= 4 is 23.3 Å². The van der Waals surface area contributed by atoms with Gasteiger partial charge in [-0.3, -0.25) is 0 Å². The number of fused-ring (bicyclic) bond motifs is 10. The highest BCUT2D eigenvalue weighted by atomic mass is 14.8. The summed E-state index contributed by atoms with van der Waals surface area (Å²) in [5.41, 5.74) is 8.68. The van der Waals surface area contributed by atoms with Gasteiger partial charge in [0.2, 0.25) is 0 Å². The van der Waals surface area contributed by atoms with Crippen LogP contribution in [0, 0.1) is 10.7 Å². The fraction of sp³-hybridized carbons (Fsp3) is 0. The van der Waals surface area contributed by atoms with Gasteiger partial charge in [0.25, 0.3) is 0 Å². The molecule has 1 aliphatic rings. The Balaban J connectivity index is 1.48. The topological polar surface area (TPSA) is 78.9 Å².